The summed E-state index contributed by atoms with van der Waals surface area (Å²) in [6.45, 7) is 3.36. The first-order valence-corrected chi connectivity index (χ1v) is 14.1. The van der Waals surface area contributed by atoms with Gasteiger partial charge in [0.05, 0.1) is 21.9 Å². The number of benzene rings is 3. The van der Waals surface area contributed by atoms with E-state index in [9.17, 15) is 26.3 Å². The van der Waals surface area contributed by atoms with Crippen LogP contribution >= 0.6 is 22.6 Å². The first kappa shape index (κ1) is 28.7. The Morgan fingerprint density at radius 2 is 1.73 bits per heavy atom. The normalized spacial score (nSPS) is 18.2. The van der Waals surface area contributed by atoms with Crippen molar-refractivity contribution in [2.24, 2.45) is 0 Å². The standard InChI is InChI=1S/C29H27F6IN4/c1-3-38(2)19-10-11-39(26(36)15-19)20-7-4-6-17(12-20)28-21-8-5-9-23(29(33,34)35)27(21)37-40(28)16-22-24(31)13-18(30)14-25(22)32/h4-9,12-14,19,26H,3,10-11,15-16H2,1-2H3. The fraction of sp³-hybridized carbons (Fsp3) is 0.345. The number of fused-ring (bicyclic) bond motifs is 1. The molecule has 212 valence electrons. The molecular weight excluding hydrogens is 645 g/mol. The van der Waals surface area contributed by atoms with Gasteiger partial charge >= 0.3 is 6.18 Å². The molecule has 0 radical (unpaired) electrons. The SMILES string of the molecule is CCN(C)C1CCN(c2cccc(-c3c4cccc(C(F)(F)F)c4nn3Cc3c(F)cc(F)cc3F)c2)C(I)C1. The molecule has 0 amide bonds. The van der Waals surface area contributed by atoms with Gasteiger partial charge in [0.1, 0.15) is 23.0 Å². The van der Waals surface area contributed by atoms with Crippen molar-refractivity contribution in [3.63, 3.8) is 0 Å². The zero-order chi connectivity index (χ0) is 28.8. The molecule has 1 aliphatic heterocycles. The maximum Gasteiger partial charge on any atom is 0.418 e. The van der Waals surface area contributed by atoms with Crippen LogP contribution in [0.4, 0.5) is 32.0 Å². The molecule has 2 atom stereocenters. The zero-order valence-electron chi connectivity index (χ0n) is 21.8. The molecule has 2 heterocycles. The van der Waals surface area contributed by atoms with E-state index >= 15 is 0 Å². The lowest BCUT2D eigenvalue weighted by molar-refractivity contribution is -0.136. The van der Waals surface area contributed by atoms with E-state index in [2.05, 4.69) is 51.5 Å². The van der Waals surface area contributed by atoms with Crippen molar-refractivity contribution in [1.29, 1.82) is 0 Å². The third kappa shape index (κ3) is 5.54. The van der Waals surface area contributed by atoms with Gasteiger partial charge in [0, 0.05) is 46.9 Å². The van der Waals surface area contributed by atoms with Crippen LogP contribution < -0.4 is 4.90 Å². The molecular formula is C29H27F6IN4. The summed E-state index contributed by atoms with van der Waals surface area (Å²) >= 11 is 2.41. The molecule has 40 heavy (non-hydrogen) atoms. The fourth-order valence-corrected chi connectivity index (χ4v) is 6.54. The number of hydrogen-bond donors (Lipinski definition) is 0. The summed E-state index contributed by atoms with van der Waals surface area (Å²) < 4.78 is 85.8. The van der Waals surface area contributed by atoms with Crippen LogP contribution in [0, 0.1) is 17.5 Å². The lowest BCUT2D eigenvalue weighted by Crippen LogP contribution is -2.46. The highest BCUT2D eigenvalue weighted by atomic mass is 127. The molecule has 0 aliphatic carbocycles. The van der Waals surface area contributed by atoms with Gasteiger partial charge in [-0.15, -0.1) is 0 Å². The first-order chi connectivity index (χ1) is 19.0. The second kappa shape index (κ2) is 11.2. The lowest BCUT2D eigenvalue weighted by Gasteiger charge is -2.41. The highest BCUT2D eigenvalue weighted by Gasteiger charge is 2.35. The van der Waals surface area contributed by atoms with Crippen molar-refractivity contribution < 1.29 is 26.3 Å². The fourth-order valence-electron chi connectivity index (χ4n) is 5.35. The Hall–Kier alpha value is -2.80. The van der Waals surface area contributed by atoms with Crippen molar-refractivity contribution in [1.82, 2.24) is 14.7 Å². The van der Waals surface area contributed by atoms with Crippen molar-refractivity contribution >= 4 is 39.2 Å². The van der Waals surface area contributed by atoms with E-state index in [0.717, 1.165) is 37.7 Å². The van der Waals surface area contributed by atoms with Gasteiger partial charge in [-0.1, -0.05) is 53.8 Å². The van der Waals surface area contributed by atoms with Crippen molar-refractivity contribution in [2.75, 3.05) is 25.0 Å². The molecule has 0 N–H and O–H groups in total. The number of rotatable bonds is 6. The predicted octanol–water partition coefficient (Wildman–Crippen LogP) is 7.87. The minimum atomic E-state index is -4.69. The molecule has 11 heteroatoms. The van der Waals surface area contributed by atoms with E-state index in [1.165, 1.54) is 16.8 Å². The first-order valence-electron chi connectivity index (χ1n) is 12.9. The van der Waals surface area contributed by atoms with Crippen LogP contribution in [0.2, 0.25) is 0 Å². The van der Waals surface area contributed by atoms with Crippen molar-refractivity contribution in [3.8, 4) is 11.3 Å². The third-order valence-electron chi connectivity index (χ3n) is 7.57. The van der Waals surface area contributed by atoms with Crippen LogP contribution in [0.3, 0.4) is 0 Å². The number of halogens is 7. The summed E-state index contributed by atoms with van der Waals surface area (Å²) in [5, 5.41) is 4.40. The number of piperidine rings is 1. The maximum absolute atomic E-state index is 14.6. The Morgan fingerprint density at radius 3 is 2.38 bits per heavy atom. The Labute approximate surface area is 241 Å². The van der Waals surface area contributed by atoms with E-state index in [4.69, 9.17) is 0 Å². The summed E-state index contributed by atoms with van der Waals surface area (Å²) in [5.41, 5.74) is -0.0318. The van der Waals surface area contributed by atoms with E-state index in [1.807, 2.05) is 18.2 Å². The molecule has 1 aliphatic rings. The van der Waals surface area contributed by atoms with Crippen LogP contribution in [0.1, 0.15) is 30.9 Å². The lowest BCUT2D eigenvalue weighted by atomic mass is 10.0. The minimum Gasteiger partial charge on any atom is -0.360 e. The molecule has 0 saturated carbocycles. The molecule has 2 unspecified atom stereocenters. The second-order valence-corrected chi connectivity index (χ2v) is 11.4. The monoisotopic (exact) mass is 672 g/mol. The summed E-state index contributed by atoms with van der Waals surface area (Å²) in [4.78, 5) is 4.59. The predicted molar refractivity (Wildman–Crippen MR) is 152 cm³/mol. The Bertz CT molecular complexity index is 1510. The van der Waals surface area contributed by atoms with Gasteiger partial charge in [-0.3, -0.25) is 4.68 Å². The summed E-state index contributed by atoms with van der Waals surface area (Å²) in [7, 11) is 2.11. The largest absolute Gasteiger partial charge is 0.418 e. The van der Waals surface area contributed by atoms with Gasteiger partial charge in [0.25, 0.3) is 0 Å². The number of anilines is 1. The van der Waals surface area contributed by atoms with Crippen molar-refractivity contribution in [2.45, 2.75) is 42.6 Å². The van der Waals surface area contributed by atoms with Gasteiger partial charge in [0.15, 0.2) is 0 Å². The second-order valence-electron chi connectivity index (χ2n) is 9.98. The van der Waals surface area contributed by atoms with E-state index in [1.54, 1.807) is 6.07 Å². The number of aromatic nitrogens is 2. The zero-order valence-corrected chi connectivity index (χ0v) is 24.0. The summed E-state index contributed by atoms with van der Waals surface area (Å²) in [5.74, 6) is -3.36. The van der Waals surface area contributed by atoms with E-state index < -0.39 is 41.3 Å². The molecule has 4 aromatic rings. The van der Waals surface area contributed by atoms with Crippen LogP contribution in [0.5, 0.6) is 0 Å². The van der Waals surface area contributed by atoms with Crippen LogP contribution in [0.25, 0.3) is 22.2 Å². The quantitative estimate of drug-likeness (QED) is 0.0903. The van der Waals surface area contributed by atoms with Gasteiger partial charge in [-0.25, -0.2) is 13.2 Å². The average Bonchev–Trinajstić information content (AvgIpc) is 3.27. The molecule has 5 rings (SSSR count). The molecule has 3 aromatic carbocycles. The topological polar surface area (TPSA) is 24.3 Å². The highest BCUT2D eigenvalue weighted by Crippen LogP contribution is 2.40. The Morgan fingerprint density at radius 1 is 1.02 bits per heavy atom. The summed E-state index contributed by atoms with van der Waals surface area (Å²) in [6.07, 6.45) is -2.77. The molecule has 4 nitrogen and oxygen atoms in total. The minimum absolute atomic E-state index is 0.196. The molecule has 1 saturated heterocycles. The molecule has 0 bridgehead atoms. The van der Waals surface area contributed by atoms with E-state index in [0.29, 0.717) is 23.7 Å². The van der Waals surface area contributed by atoms with Crippen LogP contribution in [-0.4, -0.2) is 44.9 Å². The Kier molecular flexibility index (Phi) is 8.06. The van der Waals surface area contributed by atoms with Gasteiger partial charge in [-0.2, -0.15) is 18.3 Å². The molecule has 1 aromatic heterocycles. The van der Waals surface area contributed by atoms with Crippen LogP contribution in [0.15, 0.2) is 54.6 Å². The smallest absolute Gasteiger partial charge is 0.360 e. The van der Waals surface area contributed by atoms with Gasteiger partial charge < -0.3 is 9.80 Å². The third-order valence-corrected chi connectivity index (χ3v) is 8.75. The van der Waals surface area contributed by atoms with Gasteiger partial charge in [0.2, 0.25) is 0 Å². The number of hydrogen-bond acceptors (Lipinski definition) is 3. The summed E-state index contributed by atoms with van der Waals surface area (Å²) in [6, 6.07) is 12.7. The number of alkyl halides is 4. The van der Waals surface area contributed by atoms with Crippen LogP contribution in [-0.2, 0) is 12.7 Å². The van der Waals surface area contributed by atoms with Crippen molar-refractivity contribution in [3.05, 3.63) is 83.2 Å². The molecule has 0 spiro atoms. The van der Waals surface area contributed by atoms with Gasteiger partial charge in [-0.05, 0) is 44.6 Å². The molecule has 1 fully saturated rings. The maximum atomic E-state index is 14.6. The van der Waals surface area contributed by atoms with E-state index in [-0.39, 0.29) is 20.6 Å². The number of nitrogens with zero attached hydrogens (tertiary/aromatic N) is 4. The Balaban J connectivity index is 1.62. The average molecular weight is 672 g/mol. The highest BCUT2D eigenvalue weighted by molar-refractivity contribution is 14.1.